The van der Waals surface area contributed by atoms with Crippen LogP contribution in [0.5, 0.6) is 23.0 Å². The molecular weight excluding hydrogens is 368 g/mol. The van der Waals surface area contributed by atoms with Crippen LogP contribution in [0.1, 0.15) is 27.9 Å². The van der Waals surface area contributed by atoms with Crippen molar-refractivity contribution in [2.45, 2.75) is 12.0 Å². The highest BCUT2D eigenvalue weighted by Crippen LogP contribution is 2.48. The quantitative estimate of drug-likeness (QED) is 0.636. The molecule has 5 nitrogen and oxygen atoms in total. The predicted molar refractivity (Wildman–Crippen MR) is 109 cm³/mol. The monoisotopic (exact) mass is 390 g/mol. The van der Waals surface area contributed by atoms with Crippen molar-refractivity contribution in [3.05, 3.63) is 83.4 Å². The first kappa shape index (κ1) is 18.9. The average Bonchev–Trinajstić information content (AvgIpc) is 2.78. The number of hydrogen-bond acceptors (Lipinski definition) is 5. The first-order valence-electron chi connectivity index (χ1n) is 9.29. The Morgan fingerprint density at radius 2 is 1.45 bits per heavy atom. The van der Waals surface area contributed by atoms with Gasteiger partial charge in [-0.3, -0.25) is 4.79 Å². The molecule has 0 aromatic heterocycles. The first-order chi connectivity index (χ1) is 14.1. The SMILES string of the molecule is COc1ccc(C2(c3ccccc3)CC(=O)c3c(OC)cc(OC)cc3O2)cc1. The minimum absolute atomic E-state index is 0.0505. The van der Waals surface area contributed by atoms with Gasteiger partial charge in [0, 0.05) is 23.3 Å². The first-order valence-corrected chi connectivity index (χ1v) is 9.29. The van der Waals surface area contributed by atoms with E-state index in [9.17, 15) is 4.79 Å². The number of carbonyl (C=O) groups is 1. The van der Waals surface area contributed by atoms with E-state index in [0.717, 1.165) is 16.9 Å². The van der Waals surface area contributed by atoms with Crippen LogP contribution in [0.2, 0.25) is 0 Å². The Morgan fingerprint density at radius 3 is 2.07 bits per heavy atom. The zero-order chi connectivity index (χ0) is 20.4. The fraction of sp³-hybridized carbons (Fsp3) is 0.208. The van der Waals surface area contributed by atoms with Gasteiger partial charge in [-0.05, 0) is 12.1 Å². The van der Waals surface area contributed by atoms with Gasteiger partial charge in [-0.1, -0.05) is 42.5 Å². The maximum absolute atomic E-state index is 13.3. The van der Waals surface area contributed by atoms with Crippen LogP contribution in [0.4, 0.5) is 0 Å². The van der Waals surface area contributed by atoms with Crippen molar-refractivity contribution in [3.8, 4) is 23.0 Å². The highest BCUT2D eigenvalue weighted by Gasteiger charge is 2.45. The van der Waals surface area contributed by atoms with E-state index < -0.39 is 5.60 Å². The van der Waals surface area contributed by atoms with Crippen LogP contribution in [-0.2, 0) is 5.60 Å². The van der Waals surface area contributed by atoms with Crippen LogP contribution in [0, 0.1) is 0 Å². The lowest BCUT2D eigenvalue weighted by molar-refractivity contribution is 0.0609. The van der Waals surface area contributed by atoms with Gasteiger partial charge in [-0.25, -0.2) is 0 Å². The molecule has 3 aromatic carbocycles. The fourth-order valence-corrected chi connectivity index (χ4v) is 3.79. The number of hydrogen-bond donors (Lipinski definition) is 0. The van der Waals surface area contributed by atoms with Crippen LogP contribution in [0.15, 0.2) is 66.7 Å². The number of carbonyl (C=O) groups excluding carboxylic acids is 1. The molecule has 0 fully saturated rings. The lowest BCUT2D eigenvalue weighted by Gasteiger charge is -2.39. The van der Waals surface area contributed by atoms with Gasteiger partial charge in [0.05, 0.1) is 27.8 Å². The van der Waals surface area contributed by atoms with Gasteiger partial charge < -0.3 is 18.9 Å². The number of rotatable bonds is 5. The maximum Gasteiger partial charge on any atom is 0.175 e. The summed E-state index contributed by atoms with van der Waals surface area (Å²) < 4.78 is 22.7. The van der Waals surface area contributed by atoms with Crippen LogP contribution in [0.25, 0.3) is 0 Å². The van der Waals surface area contributed by atoms with E-state index in [1.165, 1.54) is 7.11 Å². The molecule has 0 spiro atoms. The highest BCUT2D eigenvalue weighted by atomic mass is 16.5. The average molecular weight is 390 g/mol. The van der Waals surface area contributed by atoms with Crippen molar-refractivity contribution >= 4 is 5.78 Å². The molecule has 1 aliphatic rings. The molecule has 0 amide bonds. The summed E-state index contributed by atoms with van der Waals surface area (Å²) in [5.74, 6) is 2.14. The third-order valence-electron chi connectivity index (χ3n) is 5.26. The van der Waals surface area contributed by atoms with E-state index in [1.54, 1.807) is 26.4 Å². The lowest BCUT2D eigenvalue weighted by atomic mass is 9.78. The van der Waals surface area contributed by atoms with Gasteiger partial charge in [0.1, 0.15) is 28.6 Å². The van der Waals surface area contributed by atoms with Crippen LogP contribution >= 0.6 is 0 Å². The Labute approximate surface area is 169 Å². The van der Waals surface area contributed by atoms with Crippen LogP contribution in [0.3, 0.4) is 0 Å². The molecule has 1 atom stereocenters. The van der Waals surface area contributed by atoms with Crippen molar-refractivity contribution < 1.29 is 23.7 Å². The smallest absolute Gasteiger partial charge is 0.175 e. The molecular formula is C24H22O5. The van der Waals surface area contributed by atoms with Crippen LogP contribution < -0.4 is 18.9 Å². The summed E-state index contributed by atoms with van der Waals surface area (Å²) in [6.45, 7) is 0. The molecule has 0 saturated heterocycles. The second-order valence-corrected chi connectivity index (χ2v) is 6.83. The number of fused-ring (bicyclic) bond motifs is 1. The molecule has 1 unspecified atom stereocenters. The largest absolute Gasteiger partial charge is 0.497 e. The molecule has 148 valence electrons. The molecule has 0 bridgehead atoms. The number of Topliss-reactive ketones (excluding diaryl/α,β-unsaturated/α-hetero) is 1. The zero-order valence-corrected chi connectivity index (χ0v) is 16.6. The Balaban J connectivity index is 1.93. The Morgan fingerprint density at radius 1 is 0.793 bits per heavy atom. The standard InChI is InChI=1S/C24H22O5/c1-26-18-11-9-17(10-12-18)24(16-7-5-4-6-8-16)15-20(25)23-21(28-3)13-19(27-2)14-22(23)29-24/h4-14H,15H2,1-3H3. The van der Waals surface area contributed by atoms with Crippen molar-refractivity contribution in [3.63, 3.8) is 0 Å². The molecule has 0 aliphatic carbocycles. The summed E-state index contributed by atoms with van der Waals surface area (Å²) in [5, 5.41) is 0. The lowest BCUT2D eigenvalue weighted by Crippen LogP contribution is -2.40. The third kappa shape index (κ3) is 3.18. The number of benzene rings is 3. The fourth-order valence-electron chi connectivity index (χ4n) is 3.79. The van der Waals surface area contributed by atoms with E-state index in [2.05, 4.69) is 0 Å². The summed E-state index contributed by atoms with van der Waals surface area (Å²) in [6, 6.07) is 20.8. The second kappa shape index (κ2) is 7.51. The van der Waals surface area contributed by atoms with E-state index >= 15 is 0 Å². The number of methoxy groups -OCH3 is 3. The zero-order valence-electron chi connectivity index (χ0n) is 16.6. The molecule has 3 aromatic rings. The molecule has 5 heteroatoms. The van der Waals surface area contributed by atoms with Gasteiger partial charge >= 0.3 is 0 Å². The summed E-state index contributed by atoms with van der Waals surface area (Å²) in [5.41, 5.74) is 1.24. The van der Waals surface area contributed by atoms with Gasteiger partial charge in [0.15, 0.2) is 11.4 Å². The van der Waals surface area contributed by atoms with E-state index in [4.69, 9.17) is 18.9 Å². The van der Waals surface area contributed by atoms with Gasteiger partial charge in [0.25, 0.3) is 0 Å². The molecule has 1 heterocycles. The van der Waals surface area contributed by atoms with E-state index in [1.807, 2.05) is 54.6 Å². The van der Waals surface area contributed by atoms with Crippen molar-refractivity contribution in [1.82, 2.24) is 0 Å². The van der Waals surface area contributed by atoms with Gasteiger partial charge in [0.2, 0.25) is 0 Å². The molecule has 1 aliphatic heterocycles. The predicted octanol–water partition coefficient (Wildman–Crippen LogP) is 4.62. The van der Waals surface area contributed by atoms with E-state index in [0.29, 0.717) is 22.8 Å². The Bertz CT molecular complexity index is 1030. The summed E-state index contributed by atoms with van der Waals surface area (Å²) in [4.78, 5) is 13.3. The molecule has 0 saturated carbocycles. The van der Waals surface area contributed by atoms with Gasteiger partial charge in [-0.15, -0.1) is 0 Å². The van der Waals surface area contributed by atoms with Crippen molar-refractivity contribution in [2.24, 2.45) is 0 Å². The summed E-state index contributed by atoms with van der Waals surface area (Å²) in [7, 11) is 4.72. The van der Waals surface area contributed by atoms with Crippen molar-refractivity contribution in [2.75, 3.05) is 21.3 Å². The second-order valence-electron chi connectivity index (χ2n) is 6.83. The molecule has 0 N–H and O–H groups in total. The van der Waals surface area contributed by atoms with Crippen molar-refractivity contribution in [1.29, 1.82) is 0 Å². The van der Waals surface area contributed by atoms with Crippen LogP contribution in [-0.4, -0.2) is 27.1 Å². The third-order valence-corrected chi connectivity index (χ3v) is 5.26. The number of ether oxygens (including phenoxy) is 4. The van der Waals surface area contributed by atoms with Gasteiger partial charge in [-0.2, -0.15) is 0 Å². The molecule has 4 rings (SSSR count). The topological polar surface area (TPSA) is 54.0 Å². The summed E-state index contributed by atoms with van der Waals surface area (Å²) in [6.07, 6.45) is 0.152. The highest BCUT2D eigenvalue weighted by molar-refractivity contribution is 6.03. The minimum atomic E-state index is -0.963. The Hall–Kier alpha value is -3.47. The number of ketones is 1. The normalized spacial score (nSPS) is 17.8. The Kier molecular flexibility index (Phi) is 4.89. The maximum atomic E-state index is 13.3. The molecule has 29 heavy (non-hydrogen) atoms. The molecule has 0 radical (unpaired) electrons. The summed E-state index contributed by atoms with van der Waals surface area (Å²) >= 11 is 0. The minimum Gasteiger partial charge on any atom is -0.497 e. The van der Waals surface area contributed by atoms with E-state index in [-0.39, 0.29) is 12.2 Å².